The van der Waals surface area contributed by atoms with Crippen molar-refractivity contribution in [2.24, 2.45) is 0 Å². The van der Waals surface area contributed by atoms with E-state index < -0.39 is 30.8 Å². The van der Waals surface area contributed by atoms with E-state index in [1.54, 1.807) is 14.0 Å². The number of ether oxygens (including phenoxy) is 3. The quantitative estimate of drug-likeness (QED) is 0.0521. The summed E-state index contributed by atoms with van der Waals surface area (Å²) in [6.45, 7) is 16.0. The van der Waals surface area contributed by atoms with E-state index in [0.717, 1.165) is 32.1 Å². The van der Waals surface area contributed by atoms with Crippen LogP contribution < -0.4 is 16.0 Å². The molecule has 0 aromatic rings. The Morgan fingerprint density at radius 1 is 1.09 bits per heavy atom. The van der Waals surface area contributed by atoms with Crippen LogP contribution in [0.15, 0.2) is 12.2 Å². The molecule has 0 aromatic heterocycles. The first-order valence-electron chi connectivity index (χ1n) is 16.1. The van der Waals surface area contributed by atoms with Crippen molar-refractivity contribution in [2.45, 2.75) is 148 Å². The highest BCUT2D eigenvalue weighted by molar-refractivity contribution is 5.72. The molecule has 2 fully saturated rings. The average molecular weight is 652 g/mol. The second-order valence-electron chi connectivity index (χ2n) is 12.1. The van der Waals surface area contributed by atoms with Crippen molar-refractivity contribution >= 4 is 12.3 Å². The molecule has 0 spiro atoms. The monoisotopic (exact) mass is 651 g/mol. The lowest BCUT2D eigenvalue weighted by Gasteiger charge is -2.36. The summed E-state index contributed by atoms with van der Waals surface area (Å²) >= 11 is 0. The van der Waals surface area contributed by atoms with Crippen LogP contribution in [0.2, 0.25) is 0 Å². The Kier molecular flexibility index (Phi) is 27.7. The number of rotatable bonds is 16. The number of carbonyl (C=O) groups excluding carboxylic acids is 2. The molecule has 7 unspecified atom stereocenters. The summed E-state index contributed by atoms with van der Waals surface area (Å²) in [5.41, 5.74) is 1.08. The second kappa shape index (κ2) is 27.4. The topological polar surface area (TPSA) is 199 Å². The van der Waals surface area contributed by atoms with Gasteiger partial charge in [0.25, 0.3) is 0 Å². The van der Waals surface area contributed by atoms with Crippen molar-refractivity contribution in [3.05, 3.63) is 12.2 Å². The Morgan fingerprint density at radius 2 is 1.71 bits per heavy atom. The van der Waals surface area contributed by atoms with Gasteiger partial charge in [0.05, 0.1) is 31.5 Å². The summed E-state index contributed by atoms with van der Waals surface area (Å²) < 4.78 is 16.3. The molecule has 268 valence electrons. The molecule has 0 aromatic carbocycles. The standard InChI is InChI=1S/C14H27NO6.C8H17NO3.C7H14.C3H7NO/c1-14(2,15-9-17)5-3-4-6-20-12-7-10(18)13(19)11(8-16)21-12;1-6(11)9-4-7-2-3-8(5-10)12-7;1-4-5-6-7(2)3;1-3(5)4-2/h9-13,16,18-19H,3-8H2,1-2H3,(H,15,17);6-11H,2-5H2,1H3;2,4-6H2,1,3H3;1-2H3,(H,4,5). The van der Waals surface area contributed by atoms with Crippen molar-refractivity contribution < 1.29 is 49.3 Å². The van der Waals surface area contributed by atoms with Gasteiger partial charge < -0.3 is 50.4 Å². The maximum Gasteiger partial charge on any atom is 0.216 e. The fourth-order valence-corrected chi connectivity index (χ4v) is 4.13. The van der Waals surface area contributed by atoms with Crippen LogP contribution in [-0.2, 0) is 23.8 Å². The molecule has 0 bridgehead atoms. The fourth-order valence-electron chi connectivity index (χ4n) is 4.13. The van der Waals surface area contributed by atoms with Gasteiger partial charge in [0.15, 0.2) is 6.29 Å². The molecule has 7 atom stereocenters. The number of carbonyl (C=O) groups is 2. The van der Waals surface area contributed by atoms with Crippen molar-refractivity contribution in [1.82, 2.24) is 16.0 Å². The highest BCUT2D eigenvalue weighted by Gasteiger charge is 2.36. The first-order valence-corrected chi connectivity index (χ1v) is 16.1. The van der Waals surface area contributed by atoms with Gasteiger partial charge >= 0.3 is 0 Å². The molecule has 8 N–H and O–H groups in total. The molecule has 13 heteroatoms. The predicted molar refractivity (Wildman–Crippen MR) is 174 cm³/mol. The lowest BCUT2D eigenvalue weighted by atomic mass is 9.98. The number of unbranched alkanes of at least 4 members (excludes halogenated alkanes) is 2. The smallest absolute Gasteiger partial charge is 0.216 e. The molecule has 0 radical (unpaired) electrons. The van der Waals surface area contributed by atoms with Crippen LogP contribution in [-0.4, -0.2) is 120 Å². The summed E-state index contributed by atoms with van der Waals surface area (Å²) in [4.78, 5) is 20.1. The second-order valence-corrected chi connectivity index (χ2v) is 12.1. The van der Waals surface area contributed by atoms with Gasteiger partial charge in [-0.15, -0.1) is 6.58 Å². The molecular formula is C32H65N3O10. The minimum atomic E-state index is -1.08. The maximum atomic E-state index is 10.4. The van der Waals surface area contributed by atoms with Crippen LogP contribution in [0.1, 0.15) is 99.3 Å². The first kappa shape index (κ1) is 45.4. The largest absolute Gasteiger partial charge is 0.394 e. The summed E-state index contributed by atoms with van der Waals surface area (Å²) in [7, 11) is 1.60. The molecule has 2 heterocycles. The highest BCUT2D eigenvalue weighted by Crippen LogP contribution is 2.22. The Hall–Kier alpha value is -1.68. The number of amides is 2. The minimum Gasteiger partial charge on any atom is -0.394 e. The average Bonchev–Trinajstić information content (AvgIpc) is 3.45. The van der Waals surface area contributed by atoms with E-state index >= 15 is 0 Å². The van der Waals surface area contributed by atoms with Gasteiger partial charge in [-0.3, -0.25) is 14.9 Å². The zero-order valence-corrected chi connectivity index (χ0v) is 28.8. The molecule has 2 aliphatic rings. The molecule has 0 aliphatic carbocycles. The SMILES string of the molecule is C=C(C)CCCC.CC(C)(CCCCOC1CC(O)C(O)C(CO)O1)NC=O.CC(O)NCC1CCC(CO)O1.CNC(C)=O. The van der Waals surface area contributed by atoms with Crippen LogP contribution in [0.5, 0.6) is 0 Å². The number of hydrogen-bond acceptors (Lipinski definition) is 11. The van der Waals surface area contributed by atoms with Crippen LogP contribution in [0.25, 0.3) is 0 Å². The molecular weight excluding hydrogens is 586 g/mol. The molecule has 13 nitrogen and oxygen atoms in total. The number of allylic oxidation sites excluding steroid dienone is 1. The van der Waals surface area contributed by atoms with E-state index in [2.05, 4.69) is 36.4 Å². The van der Waals surface area contributed by atoms with Crippen LogP contribution >= 0.6 is 0 Å². The third-order valence-corrected chi connectivity index (χ3v) is 7.01. The van der Waals surface area contributed by atoms with Crippen molar-refractivity contribution in [2.75, 3.05) is 33.4 Å². The number of aliphatic hydroxyl groups excluding tert-OH is 5. The highest BCUT2D eigenvalue weighted by atomic mass is 16.7. The Morgan fingerprint density at radius 3 is 2.16 bits per heavy atom. The van der Waals surface area contributed by atoms with E-state index in [4.69, 9.17) is 29.5 Å². The van der Waals surface area contributed by atoms with Crippen LogP contribution in [0.3, 0.4) is 0 Å². The lowest BCUT2D eigenvalue weighted by molar-refractivity contribution is -0.256. The Bertz CT molecular complexity index is 757. The van der Waals surface area contributed by atoms with Gasteiger partial charge in [0, 0.05) is 39.1 Å². The first-order chi connectivity index (χ1) is 21.2. The zero-order valence-electron chi connectivity index (χ0n) is 28.8. The van der Waals surface area contributed by atoms with E-state index in [1.807, 2.05) is 13.8 Å². The normalized spacial score (nSPS) is 24.8. The zero-order chi connectivity index (χ0) is 34.8. The lowest BCUT2D eigenvalue weighted by Crippen LogP contribution is -2.50. The number of nitrogens with one attached hydrogen (secondary N) is 3. The summed E-state index contributed by atoms with van der Waals surface area (Å²) in [6.07, 6.45) is 5.31. The molecule has 2 saturated heterocycles. The van der Waals surface area contributed by atoms with Crippen LogP contribution in [0, 0.1) is 0 Å². The van der Waals surface area contributed by atoms with Gasteiger partial charge in [0.1, 0.15) is 18.4 Å². The van der Waals surface area contributed by atoms with E-state index in [1.165, 1.54) is 31.8 Å². The van der Waals surface area contributed by atoms with Gasteiger partial charge in [-0.1, -0.05) is 18.9 Å². The third-order valence-electron chi connectivity index (χ3n) is 7.01. The number of hydrogen-bond donors (Lipinski definition) is 8. The van der Waals surface area contributed by atoms with Gasteiger partial charge in [0.2, 0.25) is 12.3 Å². The third kappa shape index (κ3) is 26.1. The van der Waals surface area contributed by atoms with Gasteiger partial charge in [-0.25, -0.2) is 0 Å². The summed E-state index contributed by atoms with van der Waals surface area (Å²) in [5, 5.41) is 54.0. The fraction of sp³-hybridized carbons (Fsp3) is 0.875. The van der Waals surface area contributed by atoms with Crippen molar-refractivity contribution in [3.63, 3.8) is 0 Å². The van der Waals surface area contributed by atoms with E-state index in [9.17, 15) is 19.8 Å². The summed E-state index contributed by atoms with van der Waals surface area (Å²) in [6, 6.07) is 0. The molecule has 2 aliphatic heterocycles. The Labute approximate surface area is 271 Å². The predicted octanol–water partition coefficient (Wildman–Crippen LogP) is 1.49. The van der Waals surface area contributed by atoms with Crippen LogP contribution in [0.4, 0.5) is 0 Å². The molecule has 2 rings (SSSR count). The maximum absolute atomic E-state index is 10.4. The molecule has 2 amide bonds. The van der Waals surface area contributed by atoms with Gasteiger partial charge in [-0.05, 0) is 72.6 Å². The van der Waals surface area contributed by atoms with Gasteiger partial charge in [-0.2, -0.15) is 0 Å². The van der Waals surface area contributed by atoms with Crippen molar-refractivity contribution in [1.29, 1.82) is 0 Å². The Balaban J connectivity index is 0. The van der Waals surface area contributed by atoms with Crippen molar-refractivity contribution in [3.8, 4) is 0 Å². The molecule has 0 saturated carbocycles. The molecule has 45 heavy (non-hydrogen) atoms. The number of aliphatic hydroxyl groups is 5. The van der Waals surface area contributed by atoms with E-state index in [-0.39, 0.29) is 43.3 Å². The minimum absolute atomic E-state index is 0.00463. The van der Waals surface area contributed by atoms with E-state index in [0.29, 0.717) is 19.6 Å². The summed E-state index contributed by atoms with van der Waals surface area (Å²) in [5.74, 6) is 0.00463.